The summed E-state index contributed by atoms with van der Waals surface area (Å²) in [7, 11) is 0. The maximum absolute atomic E-state index is 6.01. The molecule has 0 radical (unpaired) electrons. The summed E-state index contributed by atoms with van der Waals surface area (Å²) in [6, 6.07) is 9.74. The van der Waals surface area contributed by atoms with Crippen molar-refractivity contribution in [3.8, 4) is 0 Å². The Morgan fingerprint density at radius 1 is 1.12 bits per heavy atom. The van der Waals surface area contributed by atoms with Crippen LogP contribution in [0.3, 0.4) is 0 Å². The Morgan fingerprint density at radius 2 is 1.75 bits per heavy atom. The molecule has 2 aromatic rings. The molecule has 16 heavy (non-hydrogen) atoms. The molecule has 0 N–H and O–H groups in total. The fourth-order valence-electron chi connectivity index (χ4n) is 1.28. The summed E-state index contributed by atoms with van der Waals surface area (Å²) in [6.07, 6.45) is 0. The third-order valence-electron chi connectivity index (χ3n) is 2.08. The van der Waals surface area contributed by atoms with Crippen molar-refractivity contribution in [2.45, 2.75) is 4.83 Å². The van der Waals surface area contributed by atoms with Crippen LogP contribution in [-0.2, 0) is 0 Å². The van der Waals surface area contributed by atoms with Gasteiger partial charge in [-0.1, -0.05) is 51.3 Å². The van der Waals surface area contributed by atoms with E-state index in [9.17, 15) is 0 Å². The van der Waals surface area contributed by atoms with Crippen LogP contribution >= 0.6 is 66.4 Å². The minimum Gasteiger partial charge on any atom is -0.130 e. The van der Waals surface area contributed by atoms with Crippen LogP contribution in [0.15, 0.2) is 34.1 Å². The first-order valence-corrected chi connectivity index (χ1v) is 7.70. The van der Waals surface area contributed by atoms with E-state index >= 15 is 0 Å². The number of alkyl halides is 1. The topological polar surface area (TPSA) is 0 Å². The summed E-state index contributed by atoms with van der Waals surface area (Å²) in [4.78, 5) is 1.32. The summed E-state index contributed by atoms with van der Waals surface area (Å²) < 4.78 is 0.961. The molecule has 2 rings (SSSR count). The van der Waals surface area contributed by atoms with Gasteiger partial charge in [0.1, 0.15) is 0 Å². The minimum absolute atomic E-state index is 0.151. The quantitative estimate of drug-likeness (QED) is 0.519. The van der Waals surface area contributed by atoms with Crippen LogP contribution in [0.1, 0.15) is 15.3 Å². The van der Waals surface area contributed by atoms with Gasteiger partial charge in [0.05, 0.1) is 13.6 Å². The number of hydrogen-bond donors (Lipinski definition) is 0. The lowest BCUT2D eigenvalue weighted by molar-refractivity contribution is 1.23. The second-order valence-electron chi connectivity index (χ2n) is 3.18. The standard InChI is InChI=1S/C11H6Br2Cl2S/c12-10(6-1-3-7(14)4-2-6)9-5-8(15)11(13)16-9/h1-5,10H. The second-order valence-corrected chi connectivity index (χ2v) is 7.35. The maximum atomic E-state index is 6.01. The molecule has 0 fully saturated rings. The third-order valence-corrected chi connectivity index (χ3v) is 6.19. The summed E-state index contributed by atoms with van der Waals surface area (Å²) in [6.45, 7) is 0. The maximum Gasteiger partial charge on any atom is 0.0887 e. The first-order chi connectivity index (χ1) is 7.58. The molecule has 0 amide bonds. The summed E-state index contributed by atoms with van der Waals surface area (Å²) >= 11 is 20.6. The third kappa shape index (κ3) is 2.82. The molecule has 1 heterocycles. The average Bonchev–Trinajstić information content (AvgIpc) is 2.59. The van der Waals surface area contributed by atoms with Gasteiger partial charge in [-0.15, -0.1) is 11.3 Å². The Morgan fingerprint density at radius 3 is 2.25 bits per heavy atom. The molecule has 0 saturated heterocycles. The van der Waals surface area contributed by atoms with Crippen molar-refractivity contribution in [2.24, 2.45) is 0 Å². The molecule has 0 aliphatic rings. The molecule has 0 saturated carbocycles. The first-order valence-electron chi connectivity index (χ1n) is 4.42. The van der Waals surface area contributed by atoms with E-state index in [-0.39, 0.29) is 4.83 Å². The van der Waals surface area contributed by atoms with Gasteiger partial charge in [-0.2, -0.15) is 0 Å². The predicted molar refractivity (Wildman–Crippen MR) is 79.3 cm³/mol. The highest BCUT2D eigenvalue weighted by Gasteiger charge is 2.14. The predicted octanol–water partition coefficient (Wildman–Crippen LogP) is 6.30. The van der Waals surface area contributed by atoms with Crippen LogP contribution in [0.2, 0.25) is 10.0 Å². The lowest BCUT2D eigenvalue weighted by Gasteiger charge is -2.07. The molecule has 1 unspecified atom stereocenters. The van der Waals surface area contributed by atoms with E-state index in [0.29, 0.717) is 0 Å². The van der Waals surface area contributed by atoms with E-state index in [1.54, 1.807) is 11.3 Å². The molecule has 0 spiro atoms. The summed E-state index contributed by atoms with van der Waals surface area (Å²) in [5, 5.41) is 1.49. The molecular weight excluding hydrogens is 395 g/mol. The Kier molecular flexibility index (Phi) is 4.36. The number of rotatable bonds is 2. The van der Waals surface area contributed by atoms with E-state index in [1.165, 1.54) is 4.88 Å². The van der Waals surface area contributed by atoms with E-state index in [4.69, 9.17) is 23.2 Å². The van der Waals surface area contributed by atoms with Crippen LogP contribution in [0.4, 0.5) is 0 Å². The molecule has 5 heteroatoms. The fraction of sp³-hybridized carbons (Fsp3) is 0.0909. The molecule has 0 aliphatic heterocycles. The Labute approximate surface area is 125 Å². The fourth-order valence-corrected chi connectivity index (χ4v) is 3.88. The molecule has 0 aliphatic carbocycles. The van der Waals surface area contributed by atoms with Crippen LogP contribution < -0.4 is 0 Å². The van der Waals surface area contributed by atoms with Gasteiger partial charge in [0.2, 0.25) is 0 Å². The average molecular weight is 401 g/mol. The van der Waals surface area contributed by atoms with Gasteiger partial charge in [-0.25, -0.2) is 0 Å². The zero-order chi connectivity index (χ0) is 11.7. The largest absolute Gasteiger partial charge is 0.130 e. The molecule has 1 aromatic heterocycles. The Bertz CT molecular complexity index is 474. The molecular formula is C11H6Br2Cl2S. The van der Waals surface area contributed by atoms with Crippen molar-refractivity contribution in [1.82, 2.24) is 0 Å². The smallest absolute Gasteiger partial charge is 0.0887 e. The zero-order valence-corrected chi connectivity index (χ0v) is 13.4. The van der Waals surface area contributed by atoms with Crippen molar-refractivity contribution >= 4 is 66.4 Å². The monoisotopic (exact) mass is 398 g/mol. The minimum atomic E-state index is 0.151. The van der Waals surface area contributed by atoms with E-state index in [2.05, 4.69) is 31.9 Å². The molecule has 0 bridgehead atoms. The van der Waals surface area contributed by atoms with Crippen molar-refractivity contribution in [2.75, 3.05) is 0 Å². The highest BCUT2D eigenvalue weighted by Crippen LogP contribution is 2.41. The lowest BCUT2D eigenvalue weighted by atomic mass is 10.1. The number of benzene rings is 1. The SMILES string of the molecule is Clc1ccc(C(Br)c2cc(Cl)c(Br)s2)cc1. The second kappa shape index (κ2) is 5.40. The Hall–Kier alpha value is 0.460. The van der Waals surface area contributed by atoms with Gasteiger partial charge in [0, 0.05) is 9.90 Å². The summed E-state index contributed by atoms with van der Waals surface area (Å²) in [5.41, 5.74) is 1.16. The highest BCUT2D eigenvalue weighted by atomic mass is 79.9. The van der Waals surface area contributed by atoms with Gasteiger partial charge in [0.25, 0.3) is 0 Å². The van der Waals surface area contributed by atoms with Crippen molar-refractivity contribution < 1.29 is 0 Å². The summed E-state index contributed by atoms with van der Waals surface area (Å²) in [5.74, 6) is 0. The van der Waals surface area contributed by atoms with E-state index in [0.717, 1.165) is 19.4 Å². The van der Waals surface area contributed by atoms with Crippen molar-refractivity contribution in [1.29, 1.82) is 0 Å². The van der Waals surface area contributed by atoms with Crippen LogP contribution in [0.25, 0.3) is 0 Å². The first kappa shape index (κ1) is 12.9. The normalized spacial score (nSPS) is 12.8. The molecule has 0 nitrogen and oxygen atoms in total. The van der Waals surface area contributed by atoms with Crippen LogP contribution in [0, 0.1) is 0 Å². The van der Waals surface area contributed by atoms with E-state index in [1.807, 2.05) is 30.3 Å². The molecule has 1 aromatic carbocycles. The van der Waals surface area contributed by atoms with Gasteiger partial charge < -0.3 is 0 Å². The van der Waals surface area contributed by atoms with Crippen LogP contribution in [-0.4, -0.2) is 0 Å². The van der Waals surface area contributed by atoms with Gasteiger partial charge >= 0.3 is 0 Å². The van der Waals surface area contributed by atoms with Gasteiger partial charge in [-0.3, -0.25) is 0 Å². The molecule has 1 atom stereocenters. The number of hydrogen-bond acceptors (Lipinski definition) is 1. The van der Waals surface area contributed by atoms with Crippen molar-refractivity contribution in [3.63, 3.8) is 0 Å². The van der Waals surface area contributed by atoms with Crippen molar-refractivity contribution in [3.05, 3.63) is 54.6 Å². The van der Waals surface area contributed by atoms with Crippen LogP contribution in [0.5, 0.6) is 0 Å². The van der Waals surface area contributed by atoms with Gasteiger partial charge in [-0.05, 0) is 39.7 Å². The number of thiophene rings is 1. The lowest BCUT2D eigenvalue weighted by Crippen LogP contribution is -1.88. The Balaban J connectivity index is 2.31. The van der Waals surface area contributed by atoms with E-state index < -0.39 is 0 Å². The zero-order valence-electron chi connectivity index (χ0n) is 7.88. The number of halogens is 4. The van der Waals surface area contributed by atoms with Gasteiger partial charge in [0.15, 0.2) is 0 Å². The highest BCUT2D eigenvalue weighted by molar-refractivity contribution is 9.11. The molecule has 84 valence electrons.